The molecule has 2 rings (SSSR count). The summed E-state index contributed by atoms with van der Waals surface area (Å²) in [5.74, 6) is 0. The number of aromatic nitrogens is 1. The van der Waals surface area contributed by atoms with Crippen molar-refractivity contribution in [3.63, 3.8) is 0 Å². The second kappa shape index (κ2) is 5.33. The second-order valence-corrected chi connectivity index (χ2v) is 6.07. The van der Waals surface area contributed by atoms with Crippen LogP contribution < -0.4 is 5.32 Å². The molecule has 1 heterocycles. The zero-order valence-electron chi connectivity index (χ0n) is 12.2. The van der Waals surface area contributed by atoms with Crippen LogP contribution in [0.2, 0.25) is 0 Å². The molecule has 0 saturated heterocycles. The molecule has 2 aromatic rings. The largest absolute Gasteiger partial charge is 0.361 e. The molecule has 0 aliphatic carbocycles. The van der Waals surface area contributed by atoms with E-state index in [4.69, 9.17) is 0 Å². The van der Waals surface area contributed by atoms with E-state index in [1.807, 2.05) is 0 Å². The van der Waals surface area contributed by atoms with Crippen LogP contribution >= 0.6 is 0 Å². The van der Waals surface area contributed by atoms with Crippen molar-refractivity contribution in [2.45, 2.75) is 45.8 Å². The molecule has 0 bridgehead atoms. The second-order valence-electron chi connectivity index (χ2n) is 6.07. The first-order chi connectivity index (χ1) is 8.85. The monoisotopic (exact) mass is 262 g/mol. The average molecular weight is 262 g/mol. The third kappa shape index (κ3) is 3.80. The minimum absolute atomic E-state index is 0.259. The molecule has 1 aromatic carbocycles. The third-order valence-corrected chi connectivity index (χ3v) is 3.32. The number of H-pyrrole nitrogens is 1. The summed E-state index contributed by atoms with van der Waals surface area (Å²) in [7, 11) is 0. The van der Waals surface area contributed by atoms with E-state index in [0.717, 1.165) is 6.42 Å². The zero-order valence-corrected chi connectivity index (χ0v) is 12.2. The van der Waals surface area contributed by atoms with Gasteiger partial charge in [0.25, 0.3) is 0 Å². The maximum absolute atomic E-state index is 13.5. The fraction of sp³-hybridized carbons (Fsp3) is 0.500. The van der Waals surface area contributed by atoms with Crippen molar-refractivity contribution in [2.75, 3.05) is 6.54 Å². The van der Waals surface area contributed by atoms with E-state index in [-0.39, 0.29) is 6.04 Å². The minimum Gasteiger partial charge on any atom is -0.361 e. The van der Waals surface area contributed by atoms with E-state index in [2.05, 4.69) is 48.5 Å². The van der Waals surface area contributed by atoms with Gasteiger partial charge in [0.2, 0.25) is 0 Å². The summed E-state index contributed by atoms with van der Waals surface area (Å²) in [6, 6.07) is 6.68. The topological polar surface area (TPSA) is 27.8 Å². The maximum atomic E-state index is 13.5. The quantitative estimate of drug-likeness (QED) is 0.844. The molecule has 1 unspecified atom stereocenters. The van der Waals surface area contributed by atoms with Crippen LogP contribution in [0.1, 0.15) is 31.9 Å². The fourth-order valence-corrected chi connectivity index (χ4v) is 2.28. The Balaban J connectivity index is 2.06. The number of fused-ring (bicyclic) bond motifs is 1. The molecule has 0 saturated carbocycles. The van der Waals surface area contributed by atoms with Crippen LogP contribution in [-0.4, -0.2) is 23.2 Å². The summed E-state index contributed by atoms with van der Waals surface area (Å²) < 4.78 is 13.5. The molecule has 2 nitrogen and oxygen atoms in total. The number of alkyl halides is 1. The van der Waals surface area contributed by atoms with Gasteiger partial charge in [-0.05, 0) is 51.8 Å². The molecule has 3 heteroatoms. The van der Waals surface area contributed by atoms with Crippen molar-refractivity contribution in [3.8, 4) is 0 Å². The molecule has 0 fully saturated rings. The fourth-order valence-electron chi connectivity index (χ4n) is 2.28. The number of aryl methyl sites for hydroxylation is 1. The predicted octanol–water partition coefficient (Wildman–Crippen LogP) is 3.75. The van der Waals surface area contributed by atoms with Gasteiger partial charge >= 0.3 is 0 Å². The Labute approximate surface area is 114 Å². The van der Waals surface area contributed by atoms with E-state index in [1.165, 1.54) is 22.0 Å². The molecule has 0 amide bonds. The summed E-state index contributed by atoms with van der Waals surface area (Å²) in [5, 5.41) is 4.52. The lowest BCUT2D eigenvalue weighted by Crippen LogP contribution is -2.37. The molecule has 1 aromatic heterocycles. The lowest BCUT2D eigenvalue weighted by atomic mass is 10.0. The van der Waals surface area contributed by atoms with Crippen LogP contribution in [-0.2, 0) is 6.42 Å². The molecular formula is C16H23FN2. The van der Waals surface area contributed by atoms with Crippen molar-refractivity contribution >= 4 is 10.9 Å². The first-order valence-corrected chi connectivity index (χ1v) is 6.84. The summed E-state index contributed by atoms with van der Waals surface area (Å²) >= 11 is 0. The van der Waals surface area contributed by atoms with Crippen LogP contribution in [0.25, 0.3) is 10.9 Å². The van der Waals surface area contributed by atoms with Crippen molar-refractivity contribution < 1.29 is 4.39 Å². The van der Waals surface area contributed by atoms with Gasteiger partial charge in [-0.25, -0.2) is 4.39 Å². The Bertz CT molecular complexity index is 551. The maximum Gasteiger partial charge on any atom is 0.117 e. The van der Waals surface area contributed by atoms with Gasteiger partial charge in [-0.15, -0.1) is 0 Å². The summed E-state index contributed by atoms with van der Waals surface area (Å²) in [5.41, 5.74) is 2.55. The standard InChI is InChI=1S/C16H23FN2/c1-11-5-6-15-14(7-11)13(9-18-15)8-12(2)19-10-16(3,4)17/h5-7,9,12,18-19H,8,10H2,1-4H3. The molecular weight excluding hydrogens is 239 g/mol. The van der Waals surface area contributed by atoms with Gasteiger partial charge in [0.05, 0.1) is 0 Å². The van der Waals surface area contributed by atoms with E-state index in [9.17, 15) is 4.39 Å². The predicted molar refractivity (Wildman–Crippen MR) is 79.4 cm³/mol. The number of halogens is 1. The smallest absolute Gasteiger partial charge is 0.117 e. The molecule has 1 atom stereocenters. The molecule has 0 spiro atoms. The van der Waals surface area contributed by atoms with E-state index in [0.29, 0.717) is 6.54 Å². The molecule has 2 N–H and O–H groups in total. The Morgan fingerprint density at radius 3 is 2.79 bits per heavy atom. The van der Waals surface area contributed by atoms with Crippen LogP contribution in [0, 0.1) is 6.92 Å². The highest BCUT2D eigenvalue weighted by Gasteiger charge is 2.17. The average Bonchev–Trinajstić information content (AvgIpc) is 2.68. The summed E-state index contributed by atoms with van der Waals surface area (Å²) in [6.07, 6.45) is 2.96. The highest BCUT2D eigenvalue weighted by atomic mass is 19.1. The first kappa shape index (κ1) is 14.1. The van der Waals surface area contributed by atoms with Gasteiger partial charge in [-0.1, -0.05) is 11.6 Å². The third-order valence-electron chi connectivity index (χ3n) is 3.32. The zero-order chi connectivity index (χ0) is 14.0. The summed E-state index contributed by atoms with van der Waals surface area (Å²) in [6.45, 7) is 7.78. The Morgan fingerprint density at radius 2 is 2.11 bits per heavy atom. The first-order valence-electron chi connectivity index (χ1n) is 6.84. The number of rotatable bonds is 5. The molecule has 0 aliphatic rings. The lowest BCUT2D eigenvalue weighted by Gasteiger charge is -2.19. The number of hydrogen-bond acceptors (Lipinski definition) is 1. The number of aromatic amines is 1. The Morgan fingerprint density at radius 1 is 1.37 bits per heavy atom. The van der Waals surface area contributed by atoms with Crippen LogP contribution in [0.3, 0.4) is 0 Å². The van der Waals surface area contributed by atoms with Gasteiger partial charge in [-0.2, -0.15) is 0 Å². The molecule has 0 aliphatic heterocycles. The molecule has 19 heavy (non-hydrogen) atoms. The molecule has 104 valence electrons. The van der Waals surface area contributed by atoms with Crippen molar-refractivity contribution in [1.29, 1.82) is 0 Å². The molecule has 0 radical (unpaired) electrons. The van der Waals surface area contributed by atoms with Crippen molar-refractivity contribution in [2.24, 2.45) is 0 Å². The Kier molecular flexibility index (Phi) is 3.95. The minimum atomic E-state index is -1.16. The van der Waals surface area contributed by atoms with Crippen molar-refractivity contribution in [3.05, 3.63) is 35.5 Å². The van der Waals surface area contributed by atoms with Gasteiger partial charge in [0.15, 0.2) is 0 Å². The number of hydrogen-bond donors (Lipinski definition) is 2. The van der Waals surface area contributed by atoms with E-state index >= 15 is 0 Å². The van der Waals surface area contributed by atoms with Crippen LogP contribution in [0.5, 0.6) is 0 Å². The normalized spacial score (nSPS) is 13.9. The highest BCUT2D eigenvalue weighted by molar-refractivity contribution is 5.83. The van der Waals surface area contributed by atoms with Gasteiger partial charge in [0, 0.05) is 29.7 Å². The van der Waals surface area contributed by atoms with Crippen molar-refractivity contribution in [1.82, 2.24) is 10.3 Å². The lowest BCUT2D eigenvalue weighted by molar-refractivity contribution is 0.204. The van der Waals surface area contributed by atoms with E-state index < -0.39 is 5.67 Å². The van der Waals surface area contributed by atoms with Gasteiger partial charge in [-0.3, -0.25) is 0 Å². The van der Waals surface area contributed by atoms with Crippen LogP contribution in [0.15, 0.2) is 24.4 Å². The Hall–Kier alpha value is -1.35. The number of nitrogens with one attached hydrogen (secondary N) is 2. The van der Waals surface area contributed by atoms with Gasteiger partial charge in [0.1, 0.15) is 5.67 Å². The highest BCUT2D eigenvalue weighted by Crippen LogP contribution is 2.21. The van der Waals surface area contributed by atoms with Crippen LogP contribution in [0.4, 0.5) is 4.39 Å². The van der Waals surface area contributed by atoms with Gasteiger partial charge < -0.3 is 10.3 Å². The SMILES string of the molecule is Cc1ccc2[nH]cc(CC(C)NCC(C)(C)F)c2c1. The van der Waals surface area contributed by atoms with E-state index in [1.54, 1.807) is 13.8 Å². The number of benzene rings is 1. The summed E-state index contributed by atoms with van der Waals surface area (Å²) in [4.78, 5) is 3.29.